The summed E-state index contributed by atoms with van der Waals surface area (Å²) in [5.41, 5.74) is -0.145. The van der Waals surface area contributed by atoms with Crippen LogP contribution in [0.5, 0.6) is 0 Å². The van der Waals surface area contributed by atoms with E-state index in [0.29, 0.717) is 19.0 Å². The van der Waals surface area contributed by atoms with Crippen LogP contribution in [0.2, 0.25) is 0 Å². The minimum absolute atomic E-state index is 0.145. The minimum Gasteiger partial charge on any atom is -0.469 e. The first kappa shape index (κ1) is 20.6. The van der Waals surface area contributed by atoms with Crippen molar-refractivity contribution in [2.75, 3.05) is 39.8 Å². The van der Waals surface area contributed by atoms with E-state index >= 15 is 0 Å². The van der Waals surface area contributed by atoms with E-state index in [1.165, 1.54) is 26.4 Å². The number of likely N-dealkylation sites (N-methyl/N-ethyl adjacent to an activating group) is 1. The predicted molar refractivity (Wildman–Crippen MR) is 106 cm³/mol. The normalized spacial score (nSPS) is 32.6. The van der Waals surface area contributed by atoms with E-state index in [-0.39, 0.29) is 17.3 Å². The number of nitrogens with zero attached hydrogens (tertiary/aromatic N) is 2. The molecule has 0 aromatic rings. The van der Waals surface area contributed by atoms with Gasteiger partial charge in [-0.15, -0.1) is 0 Å². The van der Waals surface area contributed by atoms with Crippen molar-refractivity contribution in [2.45, 2.75) is 59.3 Å². The Kier molecular flexibility index (Phi) is 6.50. The molecule has 0 spiro atoms. The number of methoxy groups -OCH3 is 1. The van der Waals surface area contributed by atoms with Gasteiger partial charge in [-0.3, -0.25) is 9.59 Å². The lowest BCUT2D eigenvalue weighted by molar-refractivity contribution is -0.160. The molecule has 154 valence electrons. The zero-order valence-electron chi connectivity index (χ0n) is 17.7. The maximum atomic E-state index is 13.8. The highest BCUT2D eigenvalue weighted by molar-refractivity contribution is 5.84. The standard InChI is InChI=1S/C22H38N2O3/c1-5-23(6-2)7-8-24(15-16(3)20(25)27-4)21(26)22-12-17-9-18(13-22)11-19(10-17)14-22/h16-19H,5-15H2,1-4H3. The maximum absolute atomic E-state index is 13.8. The number of hydrogen-bond donors (Lipinski definition) is 0. The Morgan fingerprint density at radius 1 is 1.00 bits per heavy atom. The molecule has 1 atom stereocenters. The Morgan fingerprint density at radius 2 is 1.52 bits per heavy atom. The van der Waals surface area contributed by atoms with Crippen molar-refractivity contribution in [2.24, 2.45) is 29.1 Å². The molecule has 1 amide bonds. The predicted octanol–water partition coefficient (Wildman–Crippen LogP) is 3.18. The summed E-state index contributed by atoms with van der Waals surface area (Å²) in [5, 5.41) is 0. The number of rotatable bonds is 9. The summed E-state index contributed by atoms with van der Waals surface area (Å²) in [6.07, 6.45) is 7.24. The largest absolute Gasteiger partial charge is 0.469 e. The number of ether oxygens (including phenoxy) is 1. The molecule has 0 aromatic carbocycles. The molecule has 0 N–H and O–H groups in total. The van der Waals surface area contributed by atoms with Crippen LogP contribution in [0.4, 0.5) is 0 Å². The molecule has 1 unspecified atom stereocenters. The molecule has 0 aromatic heterocycles. The minimum atomic E-state index is -0.274. The third kappa shape index (κ3) is 4.33. The number of carbonyl (C=O) groups is 2. The van der Waals surface area contributed by atoms with E-state index in [9.17, 15) is 9.59 Å². The Morgan fingerprint density at radius 3 is 1.96 bits per heavy atom. The second kappa shape index (κ2) is 8.50. The first-order valence-electron chi connectivity index (χ1n) is 11.0. The van der Waals surface area contributed by atoms with Crippen LogP contribution in [-0.2, 0) is 14.3 Å². The summed E-state index contributed by atoms with van der Waals surface area (Å²) in [6.45, 7) is 10.2. The lowest BCUT2D eigenvalue weighted by atomic mass is 9.49. The maximum Gasteiger partial charge on any atom is 0.310 e. The number of carbonyl (C=O) groups excluding carboxylic acids is 2. The Labute approximate surface area is 164 Å². The highest BCUT2D eigenvalue weighted by Crippen LogP contribution is 2.60. The molecule has 5 heteroatoms. The highest BCUT2D eigenvalue weighted by Gasteiger charge is 2.55. The van der Waals surface area contributed by atoms with Gasteiger partial charge in [0.05, 0.1) is 18.4 Å². The van der Waals surface area contributed by atoms with E-state index in [0.717, 1.165) is 56.7 Å². The molecule has 0 heterocycles. The second-order valence-electron chi connectivity index (χ2n) is 9.40. The molecule has 5 nitrogen and oxygen atoms in total. The summed E-state index contributed by atoms with van der Waals surface area (Å²) >= 11 is 0. The summed E-state index contributed by atoms with van der Waals surface area (Å²) in [4.78, 5) is 30.1. The molecular weight excluding hydrogens is 340 g/mol. The van der Waals surface area contributed by atoms with E-state index in [1.807, 2.05) is 11.8 Å². The third-order valence-electron chi connectivity index (χ3n) is 7.46. The number of hydrogen-bond acceptors (Lipinski definition) is 4. The van der Waals surface area contributed by atoms with E-state index in [1.54, 1.807) is 0 Å². The van der Waals surface area contributed by atoms with E-state index in [2.05, 4.69) is 18.7 Å². The van der Waals surface area contributed by atoms with Crippen LogP contribution in [0.3, 0.4) is 0 Å². The van der Waals surface area contributed by atoms with Crippen molar-refractivity contribution in [3.8, 4) is 0 Å². The van der Waals surface area contributed by atoms with Gasteiger partial charge in [0.15, 0.2) is 0 Å². The van der Waals surface area contributed by atoms with Gasteiger partial charge >= 0.3 is 5.97 Å². The molecule has 4 fully saturated rings. The van der Waals surface area contributed by atoms with Crippen LogP contribution >= 0.6 is 0 Å². The van der Waals surface area contributed by atoms with Gasteiger partial charge in [-0.25, -0.2) is 0 Å². The quantitative estimate of drug-likeness (QED) is 0.578. The lowest BCUT2D eigenvalue weighted by Gasteiger charge is -2.56. The van der Waals surface area contributed by atoms with Gasteiger partial charge in [-0.05, 0) is 69.4 Å². The number of esters is 1. The fourth-order valence-electron chi connectivity index (χ4n) is 6.39. The molecule has 4 aliphatic rings. The van der Waals surface area contributed by atoms with Gasteiger partial charge in [0.1, 0.15) is 0 Å². The molecule has 4 aliphatic carbocycles. The number of amides is 1. The zero-order chi connectivity index (χ0) is 19.6. The fourth-order valence-corrected chi connectivity index (χ4v) is 6.39. The average molecular weight is 379 g/mol. The molecule has 0 aliphatic heterocycles. The van der Waals surface area contributed by atoms with Gasteiger partial charge < -0.3 is 14.5 Å². The molecule has 4 rings (SSSR count). The van der Waals surface area contributed by atoms with Crippen molar-refractivity contribution >= 4 is 11.9 Å². The van der Waals surface area contributed by atoms with Gasteiger partial charge in [0.25, 0.3) is 0 Å². The lowest BCUT2D eigenvalue weighted by Crippen LogP contribution is -2.56. The smallest absolute Gasteiger partial charge is 0.310 e. The second-order valence-corrected chi connectivity index (χ2v) is 9.40. The van der Waals surface area contributed by atoms with Crippen LogP contribution in [0, 0.1) is 29.1 Å². The van der Waals surface area contributed by atoms with Crippen molar-refractivity contribution in [3.05, 3.63) is 0 Å². The molecular formula is C22H38N2O3. The summed E-state index contributed by atoms with van der Waals surface area (Å²) in [7, 11) is 1.43. The van der Waals surface area contributed by atoms with Crippen LogP contribution < -0.4 is 0 Å². The molecule has 4 saturated carbocycles. The van der Waals surface area contributed by atoms with Gasteiger partial charge in [-0.1, -0.05) is 20.8 Å². The molecule has 0 saturated heterocycles. The van der Waals surface area contributed by atoms with Crippen LogP contribution in [0.15, 0.2) is 0 Å². The van der Waals surface area contributed by atoms with Crippen molar-refractivity contribution in [1.82, 2.24) is 9.80 Å². The molecule has 27 heavy (non-hydrogen) atoms. The van der Waals surface area contributed by atoms with Crippen LogP contribution in [0.25, 0.3) is 0 Å². The third-order valence-corrected chi connectivity index (χ3v) is 7.46. The molecule has 0 radical (unpaired) electrons. The zero-order valence-corrected chi connectivity index (χ0v) is 17.7. The summed E-state index contributed by atoms with van der Waals surface area (Å²) < 4.78 is 4.92. The summed E-state index contributed by atoms with van der Waals surface area (Å²) in [6, 6.07) is 0. The van der Waals surface area contributed by atoms with Crippen LogP contribution in [0.1, 0.15) is 59.3 Å². The average Bonchev–Trinajstić information content (AvgIpc) is 2.65. The first-order valence-corrected chi connectivity index (χ1v) is 11.0. The monoisotopic (exact) mass is 378 g/mol. The van der Waals surface area contributed by atoms with Gasteiger partial charge in [0, 0.05) is 19.6 Å². The topological polar surface area (TPSA) is 49.9 Å². The van der Waals surface area contributed by atoms with Gasteiger partial charge in [-0.2, -0.15) is 0 Å². The van der Waals surface area contributed by atoms with Gasteiger partial charge in [0.2, 0.25) is 5.91 Å². The summed E-state index contributed by atoms with van der Waals surface area (Å²) in [5.74, 6) is 2.09. The fraction of sp³-hybridized carbons (Fsp3) is 0.909. The Hall–Kier alpha value is -1.10. The first-order chi connectivity index (χ1) is 12.9. The van der Waals surface area contributed by atoms with Crippen molar-refractivity contribution in [3.63, 3.8) is 0 Å². The van der Waals surface area contributed by atoms with Crippen LogP contribution in [-0.4, -0.2) is 61.5 Å². The molecule has 4 bridgehead atoms. The van der Waals surface area contributed by atoms with Crippen molar-refractivity contribution in [1.29, 1.82) is 0 Å². The Balaban J connectivity index is 1.74. The van der Waals surface area contributed by atoms with E-state index < -0.39 is 0 Å². The SMILES string of the molecule is CCN(CC)CCN(CC(C)C(=O)OC)C(=O)C12CC3CC(CC(C3)C1)C2. The van der Waals surface area contributed by atoms with Crippen molar-refractivity contribution < 1.29 is 14.3 Å². The Bertz CT molecular complexity index is 508. The highest BCUT2D eigenvalue weighted by atomic mass is 16.5. The van der Waals surface area contributed by atoms with E-state index in [4.69, 9.17) is 4.74 Å².